The smallest absolute Gasteiger partial charge is 0.240 e. The van der Waals surface area contributed by atoms with Crippen molar-refractivity contribution in [1.29, 1.82) is 0 Å². The fourth-order valence-corrected chi connectivity index (χ4v) is 3.66. The van der Waals surface area contributed by atoms with E-state index >= 15 is 0 Å². The summed E-state index contributed by atoms with van der Waals surface area (Å²) in [5.41, 5.74) is 1.28. The number of aryl methyl sites for hydroxylation is 1. The van der Waals surface area contributed by atoms with E-state index in [1.807, 2.05) is 0 Å². The Morgan fingerprint density at radius 2 is 2.25 bits per heavy atom. The molecule has 0 saturated carbocycles. The first-order chi connectivity index (χ1) is 9.53. The van der Waals surface area contributed by atoms with Crippen LogP contribution in [0.4, 0.5) is 0 Å². The molecule has 1 atom stereocenters. The fraction of sp³-hybridized carbons (Fsp3) is 0.571. The highest BCUT2D eigenvalue weighted by atomic mass is 32.2. The molecule has 6 heteroatoms. The predicted molar refractivity (Wildman–Crippen MR) is 75.8 cm³/mol. The van der Waals surface area contributed by atoms with E-state index in [9.17, 15) is 8.42 Å². The Labute approximate surface area is 120 Å². The van der Waals surface area contributed by atoms with Gasteiger partial charge in [0, 0.05) is 19.8 Å². The van der Waals surface area contributed by atoms with Gasteiger partial charge >= 0.3 is 0 Å². The molecule has 5 nitrogen and oxygen atoms in total. The molecule has 1 fully saturated rings. The van der Waals surface area contributed by atoms with Gasteiger partial charge in [0.15, 0.2) is 0 Å². The summed E-state index contributed by atoms with van der Waals surface area (Å²) < 4.78 is 32.4. The number of nitrogens with one attached hydrogen (secondary N) is 1. The normalized spacial score (nSPS) is 19.4. The molecule has 0 aromatic heterocycles. The molecular weight excluding hydrogens is 278 g/mol. The molecule has 0 radical (unpaired) electrons. The molecule has 1 aliphatic rings. The Morgan fingerprint density at radius 1 is 1.45 bits per heavy atom. The van der Waals surface area contributed by atoms with Crippen LogP contribution in [-0.4, -0.2) is 33.3 Å². The van der Waals surface area contributed by atoms with Crippen LogP contribution in [-0.2, 0) is 21.4 Å². The number of benzene rings is 1. The van der Waals surface area contributed by atoms with Crippen LogP contribution < -0.4 is 4.72 Å². The summed E-state index contributed by atoms with van der Waals surface area (Å²) >= 11 is 0. The molecule has 112 valence electrons. The summed E-state index contributed by atoms with van der Waals surface area (Å²) in [7, 11) is -3.52. The maximum atomic E-state index is 12.3. The lowest BCUT2D eigenvalue weighted by Crippen LogP contribution is -2.27. The highest BCUT2D eigenvalue weighted by Crippen LogP contribution is 2.19. The molecule has 2 N–H and O–H groups in total. The third kappa shape index (κ3) is 3.79. The zero-order valence-electron chi connectivity index (χ0n) is 11.6. The average molecular weight is 299 g/mol. The van der Waals surface area contributed by atoms with E-state index in [1.54, 1.807) is 19.1 Å². The van der Waals surface area contributed by atoms with Crippen molar-refractivity contribution in [2.45, 2.75) is 31.3 Å². The summed E-state index contributed by atoms with van der Waals surface area (Å²) in [6, 6.07) is 4.96. The number of aliphatic hydroxyl groups is 1. The third-order valence-corrected chi connectivity index (χ3v) is 5.20. The lowest BCUT2D eigenvalue weighted by atomic mass is 10.1. The van der Waals surface area contributed by atoms with Crippen LogP contribution in [0.3, 0.4) is 0 Å². The number of sulfonamides is 1. The van der Waals surface area contributed by atoms with Gasteiger partial charge in [0.05, 0.1) is 11.5 Å². The lowest BCUT2D eigenvalue weighted by molar-refractivity contribution is 0.184. The van der Waals surface area contributed by atoms with Crippen LogP contribution in [0.1, 0.15) is 24.0 Å². The minimum Gasteiger partial charge on any atom is -0.392 e. The molecular formula is C14H21NO4S. The number of hydrogen-bond donors (Lipinski definition) is 2. The molecule has 1 unspecified atom stereocenters. The first-order valence-electron chi connectivity index (χ1n) is 6.81. The summed E-state index contributed by atoms with van der Waals surface area (Å²) in [5.74, 6) is 0.447. The van der Waals surface area contributed by atoms with Crippen molar-refractivity contribution in [3.63, 3.8) is 0 Å². The Bertz CT molecular complexity index is 550. The van der Waals surface area contributed by atoms with Crippen molar-refractivity contribution in [3.05, 3.63) is 29.3 Å². The highest BCUT2D eigenvalue weighted by Gasteiger charge is 2.19. The second-order valence-electron chi connectivity index (χ2n) is 5.17. The van der Waals surface area contributed by atoms with Gasteiger partial charge in [-0.05, 0) is 42.9 Å². The first kappa shape index (κ1) is 15.4. The average Bonchev–Trinajstić information content (AvgIpc) is 2.92. The van der Waals surface area contributed by atoms with E-state index in [4.69, 9.17) is 9.84 Å². The molecule has 1 aliphatic heterocycles. The maximum Gasteiger partial charge on any atom is 0.240 e. The maximum absolute atomic E-state index is 12.3. The Morgan fingerprint density at radius 3 is 2.90 bits per heavy atom. The quantitative estimate of drug-likeness (QED) is 0.827. The van der Waals surface area contributed by atoms with Gasteiger partial charge in [-0.3, -0.25) is 0 Å². The van der Waals surface area contributed by atoms with Gasteiger partial charge in [-0.1, -0.05) is 12.1 Å². The Kier molecular flexibility index (Phi) is 5.15. The number of aliphatic hydroxyl groups excluding tert-OH is 1. The molecule has 20 heavy (non-hydrogen) atoms. The van der Waals surface area contributed by atoms with Crippen LogP contribution >= 0.6 is 0 Å². The number of rotatable bonds is 6. The standard InChI is InChI=1S/C14H21NO4S/c1-11-2-3-13(9-16)8-14(11)20(17,18)15-6-4-12-5-7-19-10-12/h2-3,8,12,15-16H,4-7,9-10H2,1H3. The van der Waals surface area contributed by atoms with Crippen molar-refractivity contribution in [2.24, 2.45) is 5.92 Å². The van der Waals surface area contributed by atoms with E-state index in [1.165, 1.54) is 6.07 Å². The summed E-state index contributed by atoms with van der Waals surface area (Å²) in [6.45, 7) is 3.50. The zero-order chi connectivity index (χ0) is 14.6. The van der Waals surface area contributed by atoms with Gasteiger partial charge < -0.3 is 9.84 Å². The van der Waals surface area contributed by atoms with Crippen LogP contribution in [0.15, 0.2) is 23.1 Å². The summed E-state index contributed by atoms with van der Waals surface area (Å²) in [6.07, 6.45) is 1.79. The molecule has 1 saturated heterocycles. The second-order valence-corrected chi connectivity index (χ2v) is 6.91. The van der Waals surface area contributed by atoms with Crippen molar-refractivity contribution < 1.29 is 18.3 Å². The van der Waals surface area contributed by atoms with Crippen LogP contribution in [0.5, 0.6) is 0 Å². The topological polar surface area (TPSA) is 75.6 Å². The van der Waals surface area contributed by atoms with Gasteiger partial charge in [0.1, 0.15) is 0 Å². The number of hydrogen-bond acceptors (Lipinski definition) is 4. The molecule has 0 bridgehead atoms. The largest absolute Gasteiger partial charge is 0.392 e. The van der Waals surface area contributed by atoms with Gasteiger partial charge in [-0.2, -0.15) is 0 Å². The minimum absolute atomic E-state index is 0.164. The molecule has 0 spiro atoms. The lowest BCUT2D eigenvalue weighted by Gasteiger charge is -2.12. The second kappa shape index (κ2) is 6.67. The van der Waals surface area contributed by atoms with Crippen molar-refractivity contribution in [2.75, 3.05) is 19.8 Å². The Balaban J connectivity index is 2.01. The molecule has 0 amide bonds. The fourth-order valence-electron chi connectivity index (χ4n) is 2.32. The zero-order valence-corrected chi connectivity index (χ0v) is 12.4. The van der Waals surface area contributed by atoms with E-state index in [0.29, 0.717) is 23.6 Å². The molecule has 1 aromatic rings. The number of ether oxygens (including phenoxy) is 1. The molecule has 1 heterocycles. The van der Waals surface area contributed by atoms with E-state index in [2.05, 4.69) is 4.72 Å². The Hall–Kier alpha value is -0.950. The van der Waals surface area contributed by atoms with Gasteiger partial charge in [0.2, 0.25) is 10.0 Å². The van der Waals surface area contributed by atoms with Crippen LogP contribution in [0.25, 0.3) is 0 Å². The van der Waals surface area contributed by atoms with Crippen molar-refractivity contribution in [1.82, 2.24) is 4.72 Å². The molecule has 0 aliphatic carbocycles. The highest BCUT2D eigenvalue weighted by molar-refractivity contribution is 7.89. The molecule has 1 aromatic carbocycles. The molecule has 2 rings (SSSR count). The van der Waals surface area contributed by atoms with Crippen molar-refractivity contribution >= 4 is 10.0 Å². The van der Waals surface area contributed by atoms with Crippen LogP contribution in [0.2, 0.25) is 0 Å². The first-order valence-corrected chi connectivity index (χ1v) is 8.29. The van der Waals surface area contributed by atoms with E-state index < -0.39 is 10.0 Å². The van der Waals surface area contributed by atoms with E-state index in [-0.39, 0.29) is 11.5 Å². The van der Waals surface area contributed by atoms with Gasteiger partial charge in [0.25, 0.3) is 0 Å². The summed E-state index contributed by atoms with van der Waals surface area (Å²) in [5, 5.41) is 9.11. The monoisotopic (exact) mass is 299 g/mol. The summed E-state index contributed by atoms with van der Waals surface area (Å²) in [4.78, 5) is 0.242. The van der Waals surface area contributed by atoms with E-state index in [0.717, 1.165) is 26.1 Å². The third-order valence-electron chi connectivity index (χ3n) is 3.59. The van der Waals surface area contributed by atoms with Crippen molar-refractivity contribution in [3.8, 4) is 0 Å². The predicted octanol–water partition coefficient (Wildman–Crippen LogP) is 1.19. The van der Waals surface area contributed by atoms with Gasteiger partial charge in [-0.25, -0.2) is 13.1 Å². The van der Waals surface area contributed by atoms with Crippen LogP contribution in [0, 0.1) is 12.8 Å². The van der Waals surface area contributed by atoms with Gasteiger partial charge in [-0.15, -0.1) is 0 Å². The SMILES string of the molecule is Cc1ccc(CO)cc1S(=O)(=O)NCCC1CCOC1. The minimum atomic E-state index is -3.52.